The summed E-state index contributed by atoms with van der Waals surface area (Å²) in [6, 6.07) is 7.52. The predicted molar refractivity (Wildman–Crippen MR) is 76.7 cm³/mol. The van der Waals surface area contributed by atoms with Crippen LogP contribution in [-0.4, -0.2) is 25.0 Å². The maximum absolute atomic E-state index is 11.8. The molecule has 1 heterocycles. The summed E-state index contributed by atoms with van der Waals surface area (Å²) < 4.78 is 0. The van der Waals surface area contributed by atoms with Crippen LogP contribution in [0.3, 0.4) is 0 Å². The molecule has 2 rings (SSSR count). The normalized spacial score (nSPS) is 18.2. The fraction of sp³-hybridized carbons (Fsp3) is 0.462. The van der Waals surface area contributed by atoms with Crippen molar-refractivity contribution >= 4 is 29.9 Å². The third-order valence-corrected chi connectivity index (χ3v) is 3.30. The molecule has 100 valence electrons. The first-order valence-corrected chi connectivity index (χ1v) is 6.40. The van der Waals surface area contributed by atoms with Gasteiger partial charge in [0, 0.05) is 23.2 Å². The average molecular weight is 289 g/mol. The molecule has 0 saturated carbocycles. The molecule has 1 aromatic rings. The lowest BCUT2D eigenvalue weighted by Gasteiger charge is -2.10. The number of hydrogen-bond donors (Lipinski definition) is 2. The first-order valence-electron chi connectivity index (χ1n) is 6.03. The second-order valence-corrected chi connectivity index (χ2v) is 4.78. The number of halogens is 2. The van der Waals surface area contributed by atoms with E-state index in [1.807, 2.05) is 0 Å². The van der Waals surface area contributed by atoms with E-state index in [2.05, 4.69) is 10.6 Å². The highest BCUT2D eigenvalue weighted by Gasteiger charge is 2.13. The van der Waals surface area contributed by atoms with Crippen molar-refractivity contribution in [2.45, 2.75) is 25.3 Å². The topological polar surface area (TPSA) is 41.1 Å². The highest BCUT2D eigenvalue weighted by molar-refractivity contribution is 6.30. The number of carbonyl (C=O) groups excluding carboxylic acids is 1. The molecule has 0 radical (unpaired) electrons. The standard InChI is InChI=1S/C13H17ClN2O.ClH/c14-11-5-3-10(4-6-11)13(17)16-9-7-12-2-1-8-15-12;/h3-6,12,15H,1-2,7-9H2,(H,16,17);1H/t12-;/m1./s1. The number of carbonyl (C=O) groups is 1. The van der Waals surface area contributed by atoms with Crippen LogP contribution in [-0.2, 0) is 0 Å². The van der Waals surface area contributed by atoms with Crippen molar-refractivity contribution in [1.82, 2.24) is 10.6 Å². The molecule has 1 saturated heterocycles. The Labute approximate surface area is 119 Å². The van der Waals surface area contributed by atoms with E-state index in [4.69, 9.17) is 11.6 Å². The number of benzene rings is 1. The summed E-state index contributed by atoms with van der Waals surface area (Å²) in [5.41, 5.74) is 0.661. The van der Waals surface area contributed by atoms with E-state index in [9.17, 15) is 4.79 Å². The quantitative estimate of drug-likeness (QED) is 0.894. The lowest BCUT2D eigenvalue weighted by atomic mass is 10.1. The van der Waals surface area contributed by atoms with Gasteiger partial charge in [-0.1, -0.05) is 11.6 Å². The van der Waals surface area contributed by atoms with Gasteiger partial charge in [0.25, 0.3) is 5.91 Å². The van der Waals surface area contributed by atoms with Gasteiger partial charge in [0.2, 0.25) is 0 Å². The van der Waals surface area contributed by atoms with Crippen molar-refractivity contribution in [3.8, 4) is 0 Å². The first kappa shape index (κ1) is 15.3. The van der Waals surface area contributed by atoms with Crippen LogP contribution in [0.15, 0.2) is 24.3 Å². The molecule has 0 bridgehead atoms. The molecule has 1 atom stereocenters. The summed E-state index contributed by atoms with van der Waals surface area (Å²) in [6.07, 6.45) is 3.46. The van der Waals surface area contributed by atoms with Crippen LogP contribution in [0.5, 0.6) is 0 Å². The van der Waals surface area contributed by atoms with E-state index in [-0.39, 0.29) is 18.3 Å². The molecule has 2 N–H and O–H groups in total. The molecule has 1 aromatic carbocycles. The van der Waals surface area contributed by atoms with Crippen molar-refractivity contribution in [2.75, 3.05) is 13.1 Å². The molecule has 0 spiro atoms. The molecule has 3 nitrogen and oxygen atoms in total. The van der Waals surface area contributed by atoms with Gasteiger partial charge < -0.3 is 10.6 Å². The van der Waals surface area contributed by atoms with Crippen molar-refractivity contribution < 1.29 is 4.79 Å². The van der Waals surface area contributed by atoms with Gasteiger partial charge in [-0.25, -0.2) is 0 Å². The zero-order valence-electron chi connectivity index (χ0n) is 10.1. The number of rotatable bonds is 4. The lowest BCUT2D eigenvalue weighted by molar-refractivity contribution is 0.0952. The molecule has 5 heteroatoms. The molecule has 0 unspecified atom stereocenters. The van der Waals surface area contributed by atoms with Gasteiger partial charge in [-0.3, -0.25) is 4.79 Å². The zero-order valence-corrected chi connectivity index (χ0v) is 11.7. The second-order valence-electron chi connectivity index (χ2n) is 4.34. The number of hydrogen-bond acceptors (Lipinski definition) is 2. The van der Waals surface area contributed by atoms with Gasteiger partial charge in [0.1, 0.15) is 0 Å². The minimum Gasteiger partial charge on any atom is -0.352 e. The molecule has 1 amide bonds. The fourth-order valence-corrected chi connectivity index (χ4v) is 2.19. The highest BCUT2D eigenvalue weighted by atomic mass is 35.5. The van der Waals surface area contributed by atoms with Gasteiger partial charge in [0.05, 0.1) is 0 Å². The minimum absolute atomic E-state index is 0. The molecule has 18 heavy (non-hydrogen) atoms. The average Bonchev–Trinajstić information content (AvgIpc) is 2.83. The van der Waals surface area contributed by atoms with E-state index < -0.39 is 0 Å². The molecule has 1 fully saturated rings. The monoisotopic (exact) mass is 288 g/mol. The minimum atomic E-state index is -0.0281. The predicted octanol–water partition coefficient (Wildman–Crippen LogP) is 2.63. The summed E-state index contributed by atoms with van der Waals surface area (Å²) >= 11 is 5.77. The van der Waals surface area contributed by atoms with Gasteiger partial charge in [-0.15, -0.1) is 12.4 Å². The zero-order chi connectivity index (χ0) is 12.1. The smallest absolute Gasteiger partial charge is 0.251 e. The van der Waals surface area contributed by atoms with Crippen LogP contribution in [0.25, 0.3) is 0 Å². The Hall–Kier alpha value is -0.770. The summed E-state index contributed by atoms with van der Waals surface area (Å²) in [4.78, 5) is 11.8. The van der Waals surface area contributed by atoms with Crippen LogP contribution >= 0.6 is 24.0 Å². The molecule has 0 aliphatic carbocycles. The Kier molecular flexibility index (Phi) is 6.47. The molecule has 1 aliphatic heterocycles. The second kappa shape index (κ2) is 7.62. The Morgan fingerprint density at radius 3 is 2.72 bits per heavy atom. The molecule has 0 aromatic heterocycles. The summed E-state index contributed by atoms with van der Waals surface area (Å²) in [5.74, 6) is -0.0281. The fourth-order valence-electron chi connectivity index (χ4n) is 2.07. The Balaban J connectivity index is 0.00000162. The summed E-state index contributed by atoms with van der Waals surface area (Å²) in [6.45, 7) is 1.83. The van der Waals surface area contributed by atoms with Crippen LogP contribution in [0, 0.1) is 0 Å². The maximum Gasteiger partial charge on any atom is 0.251 e. The van der Waals surface area contributed by atoms with Crippen LogP contribution in [0.1, 0.15) is 29.6 Å². The first-order chi connectivity index (χ1) is 8.25. The van der Waals surface area contributed by atoms with Crippen molar-refractivity contribution in [3.05, 3.63) is 34.9 Å². The Morgan fingerprint density at radius 2 is 2.11 bits per heavy atom. The van der Waals surface area contributed by atoms with Gasteiger partial charge in [-0.2, -0.15) is 0 Å². The maximum atomic E-state index is 11.8. The summed E-state index contributed by atoms with van der Waals surface area (Å²) in [7, 11) is 0. The van der Waals surface area contributed by atoms with E-state index in [1.54, 1.807) is 24.3 Å². The van der Waals surface area contributed by atoms with Crippen molar-refractivity contribution in [1.29, 1.82) is 0 Å². The third kappa shape index (κ3) is 4.48. The lowest BCUT2D eigenvalue weighted by Crippen LogP contribution is -2.30. The SMILES string of the molecule is Cl.O=C(NCC[C@H]1CCCN1)c1ccc(Cl)cc1. The molecule has 1 aliphatic rings. The third-order valence-electron chi connectivity index (χ3n) is 3.05. The van der Waals surface area contributed by atoms with E-state index >= 15 is 0 Å². The summed E-state index contributed by atoms with van der Waals surface area (Å²) in [5, 5.41) is 6.98. The van der Waals surface area contributed by atoms with Crippen LogP contribution in [0.2, 0.25) is 5.02 Å². The van der Waals surface area contributed by atoms with E-state index in [0.29, 0.717) is 16.6 Å². The number of amides is 1. The van der Waals surface area contributed by atoms with E-state index in [0.717, 1.165) is 19.5 Å². The van der Waals surface area contributed by atoms with Crippen molar-refractivity contribution in [3.63, 3.8) is 0 Å². The molecular formula is C13H18Cl2N2O. The van der Waals surface area contributed by atoms with Crippen LogP contribution < -0.4 is 10.6 Å². The Bertz CT molecular complexity index is 375. The Morgan fingerprint density at radius 1 is 1.39 bits per heavy atom. The van der Waals surface area contributed by atoms with Gasteiger partial charge >= 0.3 is 0 Å². The largest absolute Gasteiger partial charge is 0.352 e. The van der Waals surface area contributed by atoms with Crippen LogP contribution in [0.4, 0.5) is 0 Å². The highest BCUT2D eigenvalue weighted by Crippen LogP contribution is 2.10. The van der Waals surface area contributed by atoms with E-state index in [1.165, 1.54) is 12.8 Å². The van der Waals surface area contributed by atoms with Gasteiger partial charge in [-0.05, 0) is 50.1 Å². The van der Waals surface area contributed by atoms with Gasteiger partial charge in [0.15, 0.2) is 0 Å². The number of nitrogens with one attached hydrogen (secondary N) is 2. The molecular weight excluding hydrogens is 271 g/mol. The van der Waals surface area contributed by atoms with Crippen molar-refractivity contribution in [2.24, 2.45) is 0 Å².